The number of nitrogens with one attached hydrogen (secondary N) is 1. The van der Waals surface area contributed by atoms with Gasteiger partial charge in [-0.05, 0) is 37.0 Å². The van der Waals surface area contributed by atoms with Crippen LogP contribution in [0, 0.1) is 5.92 Å². The molecule has 1 fully saturated rings. The van der Waals surface area contributed by atoms with Gasteiger partial charge in [0.1, 0.15) is 11.8 Å². The topological polar surface area (TPSA) is 75.7 Å². The highest BCUT2D eigenvalue weighted by Crippen LogP contribution is 2.27. The lowest BCUT2D eigenvalue weighted by Gasteiger charge is -2.26. The molecule has 1 aromatic rings. The lowest BCUT2D eigenvalue weighted by Crippen LogP contribution is -2.50. The Kier molecular flexibility index (Phi) is 6.11. The summed E-state index contributed by atoms with van der Waals surface area (Å²) in [6.45, 7) is 5.00. The molecule has 134 valence electrons. The zero-order chi connectivity index (χ0) is 17.9. The number of ether oxygens (including phenoxy) is 1. The van der Waals surface area contributed by atoms with Gasteiger partial charge in [0.15, 0.2) is 0 Å². The van der Waals surface area contributed by atoms with Crippen LogP contribution in [0.2, 0.25) is 5.02 Å². The number of methoxy groups -OCH3 is 1. The maximum absolute atomic E-state index is 12.6. The molecule has 1 heterocycles. The highest BCUT2D eigenvalue weighted by molar-refractivity contribution is 7.89. The molecule has 0 radical (unpaired) electrons. The third-order valence-corrected chi connectivity index (χ3v) is 5.80. The summed E-state index contributed by atoms with van der Waals surface area (Å²) in [5, 5.41) is 0.201. The molecule has 0 aliphatic carbocycles. The van der Waals surface area contributed by atoms with Crippen LogP contribution in [0.3, 0.4) is 0 Å². The van der Waals surface area contributed by atoms with E-state index in [0.717, 1.165) is 12.8 Å². The summed E-state index contributed by atoms with van der Waals surface area (Å²) < 4.78 is 32.8. The molecule has 0 unspecified atom stereocenters. The maximum atomic E-state index is 12.6. The van der Waals surface area contributed by atoms with Crippen LogP contribution in [0.25, 0.3) is 0 Å². The van der Waals surface area contributed by atoms with Crippen LogP contribution in [-0.4, -0.2) is 45.5 Å². The predicted octanol–water partition coefficient (Wildman–Crippen LogP) is 2.27. The SMILES string of the molecule is COc1ccc(S(=O)(=O)N[C@@H](C(=O)N2CCCC2)C(C)C)cc1Cl. The highest BCUT2D eigenvalue weighted by Gasteiger charge is 2.32. The number of sulfonamides is 1. The minimum absolute atomic E-state index is 0.00757. The molecule has 1 atom stereocenters. The number of carbonyl (C=O) groups excluding carboxylic acids is 1. The van der Waals surface area contributed by atoms with E-state index >= 15 is 0 Å². The summed E-state index contributed by atoms with van der Waals surface area (Å²) in [7, 11) is -2.41. The van der Waals surface area contributed by atoms with Gasteiger partial charge in [-0.15, -0.1) is 0 Å². The number of rotatable bonds is 6. The van der Waals surface area contributed by atoms with Gasteiger partial charge in [-0.25, -0.2) is 8.42 Å². The third kappa shape index (κ3) is 4.20. The van der Waals surface area contributed by atoms with Crippen LogP contribution >= 0.6 is 11.6 Å². The molecule has 1 aliphatic heterocycles. The fraction of sp³-hybridized carbons (Fsp3) is 0.562. The van der Waals surface area contributed by atoms with E-state index in [1.54, 1.807) is 4.90 Å². The Morgan fingerprint density at radius 1 is 1.29 bits per heavy atom. The molecule has 0 aromatic heterocycles. The first-order chi connectivity index (χ1) is 11.3. The Morgan fingerprint density at radius 3 is 2.42 bits per heavy atom. The van der Waals surface area contributed by atoms with E-state index in [2.05, 4.69) is 4.72 Å². The van der Waals surface area contributed by atoms with Crippen molar-refractivity contribution in [3.63, 3.8) is 0 Å². The van der Waals surface area contributed by atoms with Crippen molar-refractivity contribution in [1.82, 2.24) is 9.62 Å². The molecule has 0 saturated carbocycles. The van der Waals surface area contributed by atoms with Gasteiger partial charge in [-0.2, -0.15) is 4.72 Å². The van der Waals surface area contributed by atoms with E-state index in [4.69, 9.17) is 16.3 Å². The summed E-state index contributed by atoms with van der Waals surface area (Å²) in [5.41, 5.74) is 0. The second-order valence-electron chi connectivity index (χ2n) is 6.17. The predicted molar refractivity (Wildman–Crippen MR) is 92.8 cm³/mol. The van der Waals surface area contributed by atoms with E-state index < -0.39 is 16.1 Å². The van der Waals surface area contributed by atoms with Crippen LogP contribution in [-0.2, 0) is 14.8 Å². The average molecular weight is 375 g/mol. The van der Waals surface area contributed by atoms with Gasteiger partial charge in [0.05, 0.1) is 17.0 Å². The molecular weight excluding hydrogens is 352 g/mol. The van der Waals surface area contributed by atoms with Gasteiger partial charge in [-0.1, -0.05) is 25.4 Å². The lowest BCUT2D eigenvalue weighted by molar-refractivity contribution is -0.132. The number of carbonyl (C=O) groups is 1. The molecule has 1 N–H and O–H groups in total. The molecule has 1 aromatic carbocycles. The van der Waals surface area contributed by atoms with Gasteiger partial charge in [0, 0.05) is 13.1 Å². The minimum atomic E-state index is -3.86. The molecule has 1 aliphatic rings. The molecule has 1 amide bonds. The van der Waals surface area contributed by atoms with Gasteiger partial charge >= 0.3 is 0 Å². The van der Waals surface area contributed by atoms with Crippen molar-refractivity contribution in [2.24, 2.45) is 5.92 Å². The first kappa shape index (κ1) is 19.0. The van der Waals surface area contributed by atoms with E-state index in [-0.39, 0.29) is 21.7 Å². The molecular formula is C16H23ClN2O4S. The molecule has 6 nitrogen and oxygen atoms in total. The number of benzene rings is 1. The quantitative estimate of drug-likeness (QED) is 0.828. The van der Waals surface area contributed by atoms with E-state index in [1.165, 1.54) is 25.3 Å². The van der Waals surface area contributed by atoms with Gasteiger partial charge < -0.3 is 9.64 Å². The van der Waals surface area contributed by atoms with Crippen LogP contribution in [0.5, 0.6) is 5.75 Å². The number of likely N-dealkylation sites (tertiary alicyclic amines) is 1. The van der Waals surface area contributed by atoms with Crippen LogP contribution in [0.15, 0.2) is 23.1 Å². The number of hydrogen-bond donors (Lipinski definition) is 1. The Bertz CT molecular complexity index is 700. The fourth-order valence-corrected chi connectivity index (χ4v) is 4.34. The normalized spacial score (nSPS) is 16.5. The van der Waals surface area contributed by atoms with E-state index in [9.17, 15) is 13.2 Å². The monoisotopic (exact) mass is 374 g/mol. The van der Waals surface area contributed by atoms with Crippen LogP contribution in [0.1, 0.15) is 26.7 Å². The summed E-state index contributed by atoms with van der Waals surface area (Å²) in [4.78, 5) is 14.3. The van der Waals surface area contributed by atoms with Crippen LogP contribution < -0.4 is 9.46 Å². The van der Waals surface area contributed by atoms with Crippen molar-refractivity contribution in [3.05, 3.63) is 23.2 Å². The van der Waals surface area contributed by atoms with Gasteiger partial charge in [0.2, 0.25) is 15.9 Å². The van der Waals surface area contributed by atoms with Crippen LogP contribution in [0.4, 0.5) is 0 Å². The summed E-state index contributed by atoms with van der Waals surface area (Å²) >= 11 is 6.01. The first-order valence-corrected chi connectivity index (χ1v) is 9.77. The molecule has 24 heavy (non-hydrogen) atoms. The van der Waals surface area contributed by atoms with Gasteiger partial charge in [0.25, 0.3) is 0 Å². The number of hydrogen-bond acceptors (Lipinski definition) is 4. The van der Waals surface area contributed by atoms with Crippen molar-refractivity contribution in [3.8, 4) is 5.75 Å². The molecule has 0 bridgehead atoms. The Morgan fingerprint density at radius 2 is 1.92 bits per heavy atom. The highest BCUT2D eigenvalue weighted by atomic mass is 35.5. The average Bonchev–Trinajstić information content (AvgIpc) is 3.06. The number of nitrogens with zero attached hydrogens (tertiary/aromatic N) is 1. The largest absolute Gasteiger partial charge is 0.495 e. The summed E-state index contributed by atoms with van der Waals surface area (Å²) in [6.07, 6.45) is 1.91. The zero-order valence-electron chi connectivity index (χ0n) is 14.1. The van der Waals surface area contributed by atoms with E-state index in [0.29, 0.717) is 18.8 Å². The number of halogens is 1. The van der Waals surface area contributed by atoms with Crippen molar-refractivity contribution in [2.45, 2.75) is 37.6 Å². The summed E-state index contributed by atoms with van der Waals surface area (Å²) in [5.74, 6) is 0.0523. The Hall–Kier alpha value is -1.31. The molecule has 8 heteroatoms. The van der Waals surface area contributed by atoms with Crippen molar-refractivity contribution in [2.75, 3.05) is 20.2 Å². The smallest absolute Gasteiger partial charge is 0.241 e. The Labute approximate surface area is 148 Å². The minimum Gasteiger partial charge on any atom is -0.495 e. The zero-order valence-corrected chi connectivity index (χ0v) is 15.7. The Balaban J connectivity index is 2.24. The lowest BCUT2D eigenvalue weighted by atomic mass is 10.0. The molecule has 0 spiro atoms. The van der Waals surface area contributed by atoms with Crippen molar-refractivity contribution < 1.29 is 17.9 Å². The van der Waals surface area contributed by atoms with Crippen molar-refractivity contribution in [1.29, 1.82) is 0 Å². The summed E-state index contributed by atoms with van der Waals surface area (Å²) in [6, 6.07) is 3.42. The van der Waals surface area contributed by atoms with Crippen molar-refractivity contribution >= 4 is 27.5 Å². The first-order valence-electron chi connectivity index (χ1n) is 7.91. The second kappa shape index (κ2) is 7.72. The standard InChI is InChI=1S/C16H23ClN2O4S/c1-11(2)15(16(20)19-8-4-5-9-19)18-24(21,22)12-6-7-14(23-3)13(17)10-12/h6-7,10-11,15,18H,4-5,8-9H2,1-3H3/t15-/m1/s1. The van der Waals surface area contributed by atoms with Gasteiger partial charge in [-0.3, -0.25) is 4.79 Å². The third-order valence-electron chi connectivity index (χ3n) is 4.07. The molecule has 2 rings (SSSR count). The molecule has 1 saturated heterocycles. The second-order valence-corrected chi connectivity index (χ2v) is 8.29. The number of amides is 1. The maximum Gasteiger partial charge on any atom is 0.241 e. The van der Waals surface area contributed by atoms with E-state index in [1.807, 2.05) is 13.8 Å². The fourth-order valence-electron chi connectivity index (χ4n) is 2.66.